The highest BCUT2D eigenvalue weighted by molar-refractivity contribution is 8.05. The van der Waals surface area contributed by atoms with E-state index in [1.165, 1.54) is 19.6 Å². The van der Waals surface area contributed by atoms with Gasteiger partial charge in [-0.2, -0.15) is 0 Å². The summed E-state index contributed by atoms with van der Waals surface area (Å²) in [6, 6.07) is 17.4. The zero-order chi connectivity index (χ0) is 26.2. The summed E-state index contributed by atoms with van der Waals surface area (Å²) in [5.41, 5.74) is 3.90. The third-order valence-corrected chi connectivity index (χ3v) is 10.4. The van der Waals surface area contributed by atoms with E-state index in [0.717, 1.165) is 75.2 Å². The van der Waals surface area contributed by atoms with Gasteiger partial charge in [-0.25, -0.2) is 0 Å². The Kier molecular flexibility index (Phi) is 7.31. The molecule has 2 aromatic carbocycles. The second kappa shape index (κ2) is 11.2. The van der Waals surface area contributed by atoms with Crippen LogP contribution in [0.5, 0.6) is 0 Å². The molecule has 7 rings (SSSR count). The molecule has 3 fully saturated rings. The van der Waals surface area contributed by atoms with Crippen molar-refractivity contribution in [2.75, 3.05) is 76.0 Å². The van der Waals surface area contributed by atoms with E-state index in [4.69, 9.17) is 14.2 Å². The minimum atomic E-state index is -0.0811. The molecule has 3 saturated heterocycles. The molecule has 2 N–H and O–H groups in total. The Bertz CT molecular complexity index is 1400. The first-order chi connectivity index (χ1) is 19.2. The van der Waals surface area contributed by atoms with Gasteiger partial charge in [-0.3, -0.25) is 9.69 Å². The number of pyridine rings is 1. The first-order valence-corrected chi connectivity index (χ1v) is 15.2. The van der Waals surface area contributed by atoms with Gasteiger partial charge >= 0.3 is 0 Å². The average Bonchev–Trinajstić information content (AvgIpc) is 3.44. The van der Waals surface area contributed by atoms with Crippen LogP contribution in [0.2, 0.25) is 0 Å². The lowest BCUT2D eigenvalue weighted by molar-refractivity contribution is 0.0131. The molecular formula is C29H32N4O4S2. The number of nitrogens with one attached hydrogen (secondary N) is 2. The molecule has 0 amide bonds. The van der Waals surface area contributed by atoms with Crippen LogP contribution in [-0.2, 0) is 14.2 Å². The van der Waals surface area contributed by atoms with Crippen LogP contribution < -0.4 is 15.8 Å². The average molecular weight is 565 g/mol. The second-order valence-electron chi connectivity index (χ2n) is 10.2. The van der Waals surface area contributed by atoms with Crippen molar-refractivity contribution in [1.29, 1.82) is 0 Å². The van der Waals surface area contributed by atoms with Crippen LogP contribution in [0.1, 0.15) is 0 Å². The van der Waals surface area contributed by atoms with Crippen LogP contribution in [-0.4, -0.2) is 87.8 Å². The number of hydrogen-bond acceptors (Lipinski definition) is 9. The van der Waals surface area contributed by atoms with E-state index in [2.05, 4.69) is 62.6 Å². The summed E-state index contributed by atoms with van der Waals surface area (Å²) in [5, 5.41) is 3.76. The number of ether oxygens (including phenoxy) is 3. The van der Waals surface area contributed by atoms with Crippen LogP contribution in [0.4, 0.5) is 11.4 Å². The number of rotatable bonds is 5. The predicted molar refractivity (Wildman–Crippen MR) is 155 cm³/mol. The first kappa shape index (κ1) is 25.5. The molecule has 10 heteroatoms. The van der Waals surface area contributed by atoms with Gasteiger partial charge in [0.05, 0.1) is 57.4 Å². The van der Waals surface area contributed by atoms with Crippen molar-refractivity contribution in [3.8, 4) is 11.3 Å². The van der Waals surface area contributed by atoms with Crippen LogP contribution in [0.25, 0.3) is 11.3 Å². The van der Waals surface area contributed by atoms with Crippen LogP contribution in [0.15, 0.2) is 72.9 Å². The lowest BCUT2D eigenvalue weighted by Gasteiger charge is -2.35. The maximum Gasteiger partial charge on any atom is 0.250 e. The number of H-pyrrole nitrogens is 1. The second-order valence-corrected chi connectivity index (χ2v) is 12.4. The number of benzene rings is 2. The number of nitrogens with zero attached hydrogens (tertiary/aromatic N) is 2. The zero-order valence-electron chi connectivity index (χ0n) is 21.7. The molecule has 0 saturated carbocycles. The van der Waals surface area contributed by atoms with Crippen molar-refractivity contribution < 1.29 is 14.2 Å². The Morgan fingerprint density at radius 2 is 1.64 bits per heavy atom. The summed E-state index contributed by atoms with van der Waals surface area (Å²) in [5.74, 6) is 0. The van der Waals surface area contributed by atoms with Crippen molar-refractivity contribution in [2.24, 2.45) is 0 Å². The van der Waals surface area contributed by atoms with Gasteiger partial charge in [0.2, 0.25) is 5.56 Å². The summed E-state index contributed by atoms with van der Waals surface area (Å²) in [6.45, 7) is 7.95. The van der Waals surface area contributed by atoms with Crippen molar-refractivity contribution in [1.82, 2.24) is 9.88 Å². The van der Waals surface area contributed by atoms with E-state index in [1.807, 2.05) is 0 Å². The van der Waals surface area contributed by atoms with Gasteiger partial charge in [-0.1, -0.05) is 35.7 Å². The van der Waals surface area contributed by atoms with Gasteiger partial charge < -0.3 is 29.4 Å². The molecule has 0 bridgehead atoms. The van der Waals surface area contributed by atoms with E-state index >= 15 is 0 Å². The van der Waals surface area contributed by atoms with E-state index in [1.54, 1.807) is 29.6 Å². The lowest BCUT2D eigenvalue weighted by atomic mass is 10.1. The zero-order valence-corrected chi connectivity index (χ0v) is 23.3. The number of anilines is 2. The Balaban J connectivity index is 1.12. The molecule has 8 nitrogen and oxygen atoms in total. The highest BCUT2D eigenvalue weighted by Gasteiger charge is 2.34. The molecule has 2 atom stereocenters. The van der Waals surface area contributed by atoms with Gasteiger partial charge in [0.15, 0.2) is 0 Å². The van der Waals surface area contributed by atoms with Crippen molar-refractivity contribution in [3.05, 3.63) is 58.9 Å². The quantitative estimate of drug-likeness (QED) is 0.374. The van der Waals surface area contributed by atoms with Crippen LogP contribution >= 0.6 is 23.5 Å². The summed E-state index contributed by atoms with van der Waals surface area (Å²) in [6.07, 6.45) is 0. The van der Waals surface area contributed by atoms with Gasteiger partial charge in [0.1, 0.15) is 0 Å². The predicted octanol–water partition coefficient (Wildman–Crippen LogP) is 4.01. The number of hydrogen-bond donors (Lipinski definition) is 2. The minimum absolute atomic E-state index is 0.0811. The molecular weight excluding hydrogens is 532 g/mol. The molecule has 39 heavy (non-hydrogen) atoms. The number of fused-ring (bicyclic) bond motifs is 2. The van der Waals surface area contributed by atoms with E-state index in [-0.39, 0.29) is 11.6 Å². The van der Waals surface area contributed by atoms with Crippen LogP contribution in [0, 0.1) is 0 Å². The van der Waals surface area contributed by atoms with E-state index in [9.17, 15) is 4.79 Å². The Morgan fingerprint density at radius 1 is 0.821 bits per heavy atom. The third kappa shape index (κ3) is 5.33. The van der Waals surface area contributed by atoms with Crippen LogP contribution in [0.3, 0.4) is 0 Å². The molecule has 0 unspecified atom stereocenters. The third-order valence-electron chi connectivity index (χ3n) is 7.77. The Labute approximate surface area is 236 Å². The fraction of sp³-hybridized carbons (Fsp3) is 0.414. The SMILES string of the molecule is O=c1cc(N2CCOCC2)cc(-c2cccc3c2Sc2ccc(N[C@@H]4COC[C@H]4N4CCOCC4)cc2S3)[nH]1. The van der Waals surface area contributed by atoms with Gasteiger partial charge in [0.25, 0.3) is 0 Å². The van der Waals surface area contributed by atoms with Gasteiger partial charge in [0, 0.05) is 68.8 Å². The summed E-state index contributed by atoms with van der Waals surface area (Å²) in [4.78, 5) is 25.3. The van der Waals surface area contributed by atoms with Gasteiger partial charge in [-0.15, -0.1) is 0 Å². The molecule has 3 aromatic rings. The normalized spacial score (nSPS) is 23.3. The molecule has 0 radical (unpaired) electrons. The highest BCUT2D eigenvalue weighted by atomic mass is 32.2. The largest absolute Gasteiger partial charge is 0.379 e. The van der Waals surface area contributed by atoms with E-state index in [0.29, 0.717) is 19.3 Å². The Hall–Kier alpha value is -2.47. The summed E-state index contributed by atoms with van der Waals surface area (Å²) >= 11 is 3.57. The maximum atomic E-state index is 12.6. The van der Waals surface area contributed by atoms with Crippen molar-refractivity contribution in [3.63, 3.8) is 0 Å². The smallest absolute Gasteiger partial charge is 0.250 e. The molecule has 1 aromatic heterocycles. The van der Waals surface area contributed by atoms with Gasteiger partial charge in [-0.05, 0) is 30.3 Å². The first-order valence-electron chi connectivity index (χ1n) is 13.6. The molecule has 4 aliphatic heterocycles. The Morgan fingerprint density at radius 3 is 2.49 bits per heavy atom. The summed E-state index contributed by atoms with van der Waals surface area (Å²) < 4.78 is 16.9. The summed E-state index contributed by atoms with van der Waals surface area (Å²) in [7, 11) is 0. The number of morpholine rings is 2. The molecule has 4 aliphatic rings. The number of aromatic amines is 1. The highest BCUT2D eigenvalue weighted by Crippen LogP contribution is 2.52. The maximum absolute atomic E-state index is 12.6. The van der Waals surface area contributed by atoms with E-state index < -0.39 is 0 Å². The molecule has 0 spiro atoms. The van der Waals surface area contributed by atoms with Crippen molar-refractivity contribution >= 4 is 34.9 Å². The molecule has 204 valence electrons. The fourth-order valence-corrected chi connectivity index (χ4v) is 8.16. The number of aromatic nitrogens is 1. The lowest BCUT2D eigenvalue weighted by Crippen LogP contribution is -2.50. The minimum Gasteiger partial charge on any atom is -0.379 e. The monoisotopic (exact) mass is 564 g/mol. The standard InChI is InChI=1S/C29H32N4O4S2/c34-28-16-20(32-6-10-35-11-7-32)15-22(31-28)21-2-1-3-26-29(21)39-25-5-4-19(14-27(25)38-26)30-23-17-37-18-24(23)33-8-12-36-13-9-33/h1-5,14-16,23-24,30H,6-13,17-18H2,(H,31,34)/t23-,24-/m1/s1. The fourth-order valence-electron chi connectivity index (χ4n) is 5.75. The van der Waals surface area contributed by atoms with Crippen molar-refractivity contribution in [2.45, 2.75) is 31.7 Å². The molecule has 0 aliphatic carbocycles. The molecule has 5 heterocycles. The topological polar surface area (TPSA) is 79.1 Å².